The van der Waals surface area contributed by atoms with Crippen molar-refractivity contribution in [1.82, 2.24) is 10.2 Å². The van der Waals surface area contributed by atoms with Crippen molar-refractivity contribution in [2.75, 3.05) is 25.1 Å². The minimum atomic E-state index is -0.565. The zero-order valence-corrected chi connectivity index (χ0v) is 19.1. The third kappa shape index (κ3) is 5.20. The third-order valence-corrected chi connectivity index (χ3v) is 6.49. The lowest BCUT2D eigenvalue weighted by Gasteiger charge is -2.38. The number of nitrogens with one attached hydrogen (secondary N) is 1. The van der Waals surface area contributed by atoms with Crippen LogP contribution in [0.4, 0.5) is 5.69 Å². The molecule has 1 aromatic rings. The first-order valence-corrected chi connectivity index (χ1v) is 11.4. The summed E-state index contributed by atoms with van der Waals surface area (Å²) in [6.45, 7) is 7.09. The maximum Gasteiger partial charge on any atom is 0.245 e. The van der Waals surface area contributed by atoms with E-state index in [-0.39, 0.29) is 36.1 Å². The number of carbonyl (C=O) groups is 3. The Morgan fingerprint density at radius 2 is 1.90 bits per heavy atom. The Balaban J connectivity index is 1.66. The molecule has 3 unspecified atom stereocenters. The van der Waals surface area contributed by atoms with Crippen LogP contribution in [0.25, 0.3) is 0 Å². The number of benzene rings is 1. The molecule has 3 atom stereocenters. The molecular formula is C24H35N3O4. The SMILES string of the molecule is CCC1CCCCN1C(=O)C(NC(=O)C1CC(=O)N(c2ccc(OC)cc2)C1)C(C)C. The first kappa shape index (κ1) is 23.1. The molecule has 0 spiro atoms. The number of amides is 3. The summed E-state index contributed by atoms with van der Waals surface area (Å²) in [7, 11) is 1.59. The normalized spacial score (nSPS) is 22.5. The number of methoxy groups -OCH3 is 1. The van der Waals surface area contributed by atoms with Crippen molar-refractivity contribution in [3.63, 3.8) is 0 Å². The predicted molar refractivity (Wildman–Crippen MR) is 120 cm³/mol. The molecule has 2 aliphatic heterocycles. The fourth-order valence-electron chi connectivity index (χ4n) is 4.57. The smallest absolute Gasteiger partial charge is 0.245 e. The average molecular weight is 430 g/mol. The van der Waals surface area contributed by atoms with Gasteiger partial charge in [0.25, 0.3) is 0 Å². The number of nitrogens with zero attached hydrogens (tertiary/aromatic N) is 2. The van der Waals surface area contributed by atoms with Gasteiger partial charge in [-0.3, -0.25) is 14.4 Å². The first-order chi connectivity index (χ1) is 14.8. The minimum Gasteiger partial charge on any atom is -0.497 e. The van der Waals surface area contributed by atoms with Crippen LogP contribution in [0, 0.1) is 11.8 Å². The van der Waals surface area contributed by atoms with Crippen LogP contribution < -0.4 is 15.0 Å². The standard InChI is InChI=1S/C24H35N3O4/c1-5-18-8-6-7-13-26(18)24(30)22(16(2)3)25-23(29)17-14-21(28)27(15-17)19-9-11-20(31-4)12-10-19/h9-12,16-18,22H,5-8,13-15H2,1-4H3,(H,25,29). The lowest BCUT2D eigenvalue weighted by molar-refractivity contribution is -0.141. The Labute approximate surface area is 185 Å². The topological polar surface area (TPSA) is 79.0 Å². The number of likely N-dealkylation sites (tertiary alicyclic amines) is 1. The highest BCUT2D eigenvalue weighted by atomic mass is 16.5. The van der Waals surface area contributed by atoms with E-state index in [2.05, 4.69) is 12.2 Å². The van der Waals surface area contributed by atoms with Gasteiger partial charge in [-0.1, -0.05) is 20.8 Å². The van der Waals surface area contributed by atoms with Crippen LogP contribution in [0.15, 0.2) is 24.3 Å². The molecule has 31 heavy (non-hydrogen) atoms. The van der Waals surface area contributed by atoms with E-state index in [1.54, 1.807) is 24.1 Å². The molecule has 1 N–H and O–H groups in total. The van der Waals surface area contributed by atoms with Gasteiger partial charge in [0.2, 0.25) is 17.7 Å². The molecule has 0 aliphatic carbocycles. The number of rotatable bonds is 7. The van der Waals surface area contributed by atoms with Gasteiger partial charge in [-0.15, -0.1) is 0 Å². The Morgan fingerprint density at radius 3 is 2.52 bits per heavy atom. The van der Waals surface area contributed by atoms with Crippen LogP contribution in [-0.4, -0.2) is 54.9 Å². The zero-order chi connectivity index (χ0) is 22.5. The molecule has 2 heterocycles. The van der Waals surface area contributed by atoms with Crippen molar-refractivity contribution in [3.8, 4) is 5.75 Å². The van der Waals surface area contributed by atoms with Crippen molar-refractivity contribution in [3.05, 3.63) is 24.3 Å². The van der Waals surface area contributed by atoms with E-state index < -0.39 is 12.0 Å². The number of hydrogen-bond donors (Lipinski definition) is 1. The molecule has 7 nitrogen and oxygen atoms in total. The van der Waals surface area contributed by atoms with Crippen molar-refractivity contribution < 1.29 is 19.1 Å². The van der Waals surface area contributed by atoms with Crippen LogP contribution in [0.2, 0.25) is 0 Å². The van der Waals surface area contributed by atoms with E-state index in [4.69, 9.17) is 4.74 Å². The highest BCUT2D eigenvalue weighted by molar-refractivity contribution is 6.01. The Hall–Kier alpha value is -2.57. The average Bonchev–Trinajstić information content (AvgIpc) is 3.18. The summed E-state index contributed by atoms with van der Waals surface area (Å²) < 4.78 is 5.17. The van der Waals surface area contributed by atoms with Crippen LogP contribution in [-0.2, 0) is 14.4 Å². The summed E-state index contributed by atoms with van der Waals surface area (Å²) >= 11 is 0. The second kappa shape index (κ2) is 10.2. The molecule has 2 fully saturated rings. The molecule has 3 rings (SSSR count). The van der Waals surface area contributed by atoms with Gasteiger partial charge in [0.1, 0.15) is 11.8 Å². The lowest BCUT2D eigenvalue weighted by Crippen LogP contribution is -2.56. The van der Waals surface area contributed by atoms with Crippen LogP contribution >= 0.6 is 0 Å². The summed E-state index contributed by atoms with van der Waals surface area (Å²) in [6.07, 6.45) is 4.26. The van der Waals surface area contributed by atoms with E-state index in [1.165, 1.54) is 0 Å². The van der Waals surface area contributed by atoms with E-state index in [0.29, 0.717) is 12.3 Å². The van der Waals surface area contributed by atoms with Gasteiger partial charge in [-0.05, 0) is 55.9 Å². The van der Waals surface area contributed by atoms with Gasteiger partial charge in [0.15, 0.2) is 0 Å². The Kier molecular flexibility index (Phi) is 7.57. The molecule has 3 amide bonds. The van der Waals surface area contributed by atoms with E-state index in [0.717, 1.165) is 37.9 Å². The molecule has 0 bridgehead atoms. The quantitative estimate of drug-likeness (QED) is 0.723. The fourth-order valence-corrected chi connectivity index (χ4v) is 4.57. The molecule has 2 aliphatic rings. The number of ether oxygens (including phenoxy) is 1. The maximum absolute atomic E-state index is 13.3. The zero-order valence-electron chi connectivity index (χ0n) is 19.1. The summed E-state index contributed by atoms with van der Waals surface area (Å²) in [5, 5.41) is 2.98. The minimum absolute atomic E-state index is 0.00577. The summed E-state index contributed by atoms with van der Waals surface area (Å²) in [5.74, 6) is -0.0729. The van der Waals surface area contributed by atoms with Gasteiger partial charge in [0.05, 0.1) is 13.0 Å². The maximum atomic E-state index is 13.3. The number of hydrogen-bond acceptors (Lipinski definition) is 4. The molecule has 1 aromatic carbocycles. The van der Waals surface area contributed by atoms with Crippen LogP contribution in [0.3, 0.4) is 0 Å². The van der Waals surface area contributed by atoms with Crippen LogP contribution in [0.5, 0.6) is 5.75 Å². The molecule has 0 aromatic heterocycles. The largest absolute Gasteiger partial charge is 0.497 e. The van der Waals surface area contributed by atoms with Gasteiger partial charge < -0.3 is 19.9 Å². The second-order valence-electron chi connectivity index (χ2n) is 8.92. The molecular weight excluding hydrogens is 394 g/mol. The predicted octanol–water partition coefficient (Wildman–Crippen LogP) is 2.98. The summed E-state index contributed by atoms with van der Waals surface area (Å²) in [5.41, 5.74) is 0.747. The molecule has 0 saturated carbocycles. The van der Waals surface area contributed by atoms with Gasteiger partial charge in [0, 0.05) is 31.2 Å². The Bertz CT molecular complexity index is 793. The second-order valence-corrected chi connectivity index (χ2v) is 8.92. The van der Waals surface area contributed by atoms with Crippen molar-refractivity contribution in [1.29, 1.82) is 0 Å². The molecule has 2 saturated heterocycles. The van der Waals surface area contributed by atoms with Crippen molar-refractivity contribution >= 4 is 23.4 Å². The van der Waals surface area contributed by atoms with Crippen molar-refractivity contribution in [2.24, 2.45) is 11.8 Å². The van der Waals surface area contributed by atoms with Gasteiger partial charge in [-0.2, -0.15) is 0 Å². The number of anilines is 1. The first-order valence-electron chi connectivity index (χ1n) is 11.4. The van der Waals surface area contributed by atoms with E-state index in [1.807, 2.05) is 30.9 Å². The van der Waals surface area contributed by atoms with E-state index >= 15 is 0 Å². The van der Waals surface area contributed by atoms with E-state index in [9.17, 15) is 14.4 Å². The van der Waals surface area contributed by atoms with Gasteiger partial charge >= 0.3 is 0 Å². The highest BCUT2D eigenvalue weighted by Crippen LogP contribution is 2.27. The summed E-state index contributed by atoms with van der Waals surface area (Å²) in [4.78, 5) is 42.5. The van der Waals surface area contributed by atoms with Gasteiger partial charge in [-0.25, -0.2) is 0 Å². The number of piperidine rings is 1. The molecule has 170 valence electrons. The van der Waals surface area contributed by atoms with Crippen LogP contribution in [0.1, 0.15) is 52.9 Å². The molecule has 7 heteroatoms. The fraction of sp³-hybridized carbons (Fsp3) is 0.625. The molecule has 0 radical (unpaired) electrons. The monoisotopic (exact) mass is 429 g/mol. The van der Waals surface area contributed by atoms with Crippen molar-refractivity contribution in [2.45, 2.75) is 65.0 Å². The summed E-state index contributed by atoms with van der Waals surface area (Å²) in [6, 6.07) is 6.92. The Morgan fingerprint density at radius 1 is 1.19 bits per heavy atom. The third-order valence-electron chi connectivity index (χ3n) is 6.49. The lowest BCUT2D eigenvalue weighted by atomic mass is 9.95. The highest BCUT2D eigenvalue weighted by Gasteiger charge is 2.38. The number of carbonyl (C=O) groups excluding carboxylic acids is 3.